The van der Waals surface area contributed by atoms with Gasteiger partial charge in [0.2, 0.25) is 5.91 Å². The van der Waals surface area contributed by atoms with Gasteiger partial charge in [0.05, 0.1) is 5.56 Å². The van der Waals surface area contributed by atoms with Gasteiger partial charge in [-0.15, -0.1) is 0 Å². The Labute approximate surface area is 125 Å². The molecule has 1 aromatic heterocycles. The molecule has 2 heterocycles. The zero-order valence-corrected chi connectivity index (χ0v) is 12.6. The maximum Gasteiger partial charge on any atom is 0.252 e. The third-order valence-electron chi connectivity index (χ3n) is 3.74. The van der Waals surface area contributed by atoms with Crippen LogP contribution in [0, 0.1) is 6.92 Å². The number of hydrogen-bond donors (Lipinski definition) is 1. The lowest BCUT2D eigenvalue weighted by atomic mass is 10.2. The molecular weight excluding hydrogens is 266 g/mol. The van der Waals surface area contributed by atoms with Gasteiger partial charge in [-0.25, -0.2) is 0 Å². The molecule has 1 aromatic rings. The molecule has 5 heteroatoms. The van der Waals surface area contributed by atoms with Gasteiger partial charge in [0.15, 0.2) is 0 Å². The van der Waals surface area contributed by atoms with E-state index in [-0.39, 0.29) is 11.8 Å². The molecular formula is C16H23N3O2. The molecule has 5 nitrogen and oxygen atoms in total. The lowest BCUT2D eigenvalue weighted by Crippen LogP contribution is -2.34. The standard InChI is InChI=1S/C16H23N3O2/c1-13-7-8-14(12-18-13)16(21)17-9-5-11-19-10-4-2-3-6-15(19)20/h7-8,12H,2-6,9-11H2,1H3,(H,17,21). The van der Waals surface area contributed by atoms with Gasteiger partial charge in [-0.3, -0.25) is 14.6 Å². The van der Waals surface area contributed by atoms with Crippen molar-refractivity contribution in [1.82, 2.24) is 15.2 Å². The second-order valence-electron chi connectivity index (χ2n) is 5.49. The summed E-state index contributed by atoms with van der Waals surface area (Å²) in [7, 11) is 0. The monoisotopic (exact) mass is 289 g/mol. The normalized spacial score (nSPS) is 15.7. The summed E-state index contributed by atoms with van der Waals surface area (Å²) in [5.74, 6) is 0.145. The maximum absolute atomic E-state index is 11.9. The van der Waals surface area contributed by atoms with Crippen LogP contribution in [0.1, 0.15) is 48.2 Å². The summed E-state index contributed by atoms with van der Waals surface area (Å²) in [5, 5.41) is 2.87. The molecule has 0 saturated carbocycles. The molecule has 0 aliphatic carbocycles. The highest BCUT2D eigenvalue weighted by atomic mass is 16.2. The van der Waals surface area contributed by atoms with E-state index in [4.69, 9.17) is 0 Å². The van der Waals surface area contributed by atoms with Crippen molar-refractivity contribution in [1.29, 1.82) is 0 Å². The van der Waals surface area contributed by atoms with E-state index in [2.05, 4.69) is 10.3 Å². The van der Waals surface area contributed by atoms with Crippen LogP contribution in [0.5, 0.6) is 0 Å². The topological polar surface area (TPSA) is 62.3 Å². The first-order chi connectivity index (χ1) is 10.2. The lowest BCUT2D eigenvalue weighted by molar-refractivity contribution is -0.130. The molecule has 21 heavy (non-hydrogen) atoms. The summed E-state index contributed by atoms with van der Waals surface area (Å²) < 4.78 is 0. The van der Waals surface area contributed by atoms with Gasteiger partial charge in [-0.2, -0.15) is 0 Å². The first-order valence-electron chi connectivity index (χ1n) is 7.65. The summed E-state index contributed by atoms with van der Waals surface area (Å²) in [4.78, 5) is 29.8. The smallest absolute Gasteiger partial charge is 0.252 e. The van der Waals surface area contributed by atoms with E-state index in [0.29, 0.717) is 18.5 Å². The van der Waals surface area contributed by atoms with E-state index in [1.54, 1.807) is 12.3 Å². The molecule has 0 unspecified atom stereocenters. The van der Waals surface area contributed by atoms with Crippen LogP contribution in [0.4, 0.5) is 0 Å². The van der Waals surface area contributed by atoms with Crippen molar-refractivity contribution in [2.75, 3.05) is 19.6 Å². The number of amides is 2. The molecule has 1 aliphatic rings. The first kappa shape index (κ1) is 15.5. The van der Waals surface area contributed by atoms with Crippen molar-refractivity contribution in [3.8, 4) is 0 Å². The highest BCUT2D eigenvalue weighted by Gasteiger charge is 2.15. The van der Waals surface area contributed by atoms with Crippen LogP contribution >= 0.6 is 0 Å². The van der Waals surface area contributed by atoms with Crippen LogP contribution in [0.25, 0.3) is 0 Å². The molecule has 0 spiro atoms. The average molecular weight is 289 g/mol. The van der Waals surface area contributed by atoms with Gasteiger partial charge >= 0.3 is 0 Å². The van der Waals surface area contributed by atoms with Crippen molar-refractivity contribution in [2.45, 2.75) is 39.0 Å². The van der Waals surface area contributed by atoms with Crippen LogP contribution < -0.4 is 5.32 Å². The number of aryl methyl sites for hydroxylation is 1. The van der Waals surface area contributed by atoms with Crippen molar-refractivity contribution < 1.29 is 9.59 Å². The zero-order valence-electron chi connectivity index (χ0n) is 12.6. The van der Waals surface area contributed by atoms with E-state index < -0.39 is 0 Å². The minimum atomic E-state index is -0.107. The molecule has 1 saturated heterocycles. The van der Waals surface area contributed by atoms with E-state index in [1.807, 2.05) is 17.9 Å². The Morgan fingerprint density at radius 2 is 2.19 bits per heavy atom. The minimum absolute atomic E-state index is 0.107. The summed E-state index contributed by atoms with van der Waals surface area (Å²) in [6.07, 6.45) is 6.28. The zero-order chi connectivity index (χ0) is 15.1. The van der Waals surface area contributed by atoms with Crippen molar-refractivity contribution in [2.24, 2.45) is 0 Å². The third-order valence-corrected chi connectivity index (χ3v) is 3.74. The minimum Gasteiger partial charge on any atom is -0.352 e. The van der Waals surface area contributed by atoms with Gasteiger partial charge in [-0.05, 0) is 38.3 Å². The van der Waals surface area contributed by atoms with Gasteiger partial charge in [0, 0.05) is 37.9 Å². The largest absolute Gasteiger partial charge is 0.352 e. The van der Waals surface area contributed by atoms with E-state index in [1.165, 1.54) is 0 Å². The number of aromatic nitrogens is 1. The summed E-state index contributed by atoms with van der Waals surface area (Å²) in [6.45, 7) is 4.05. The molecule has 0 atom stereocenters. The predicted molar refractivity (Wildman–Crippen MR) is 81.0 cm³/mol. The van der Waals surface area contributed by atoms with Crippen molar-refractivity contribution in [3.05, 3.63) is 29.6 Å². The van der Waals surface area contributed by atoms with Crippen LogP contribution in [0.15, 0.2) is 18.3 Å². The SMILES string of the molecule is Cc1ccc(C(=O)NCCCN2CCCCCC2=O)cn1. The number of hydrogen-bond acceptors (Lipinski definition) is 3. The number of pyridine rings is 1. The third kappa shape index (κ3) is 4.85. The number of carbonyl (C=O) groups is 2. The molecule has 2 rings (SSSR count). The number of nitrogens with zero attached hydrogens (tertiary/aromatic N) is 2. The number of likely N-dealkylation sites (tertiary alicyclic amines) is 1. The summed E-state index contributed by atoms with van der Waals surface area (Å²) in [6, 6.07) is 3.60. The van der Waals surface area contributed by atoms with Crippen LogP contribution in [-0.4, -0.2) is 41.3 Å². The van der Waals surface area contributed by atoms with Crippen molar-refractivity contribution >= 4 is 11.8 Å². The summed E-state index contributed by atoms with van der Waals surface area (Å²) in [5.41, 5.74) is 1.47. The Kier molecular flexibility index (Phi) is 5.72. The van der Waals surface area contributed by atoms with E-state index >= 15 is 0 Å². The van der Waals surface area contributed by atoms with E-state index in [0.717, 1.165) is 44.5 Å². The highest BCUT2D eigenvalue weighted by Crippen LogP contribution is 2.11. The Morgan fingerprint density at radius 1 is 1.33 bits per heavy atom. The first-order valence-corrected chi connectivity index (χ1v) is 7.65. The molecule has 1 fully saturated rings. The second-order valence-corrected chi connectivity index (χ2v) is 5.49. The number of nitrogens with one attached hydrogen (secondary N) is 1. The quantitative estimate of drug-likeness (QED) is 0.842. The average Bonchev–Trinajstić information content (AvgIpc) is 2.69. The maximum atomic E-state index is 11.9. The Bertz CT molecular complexity index is 485. The van der Waals surface area contributed by atoms with Gasteiger partial charge in [0.25, 0.3) is 5.91 Å². The molecule has 2 amide bonds. The fourth-order valence-corrected chi connectivity index (χ4v) is 2.45. The lowest BCUT2D eigenvalue weighted by Gasteiger charge is -2.20. The molecule has 0 bridgehead atoms. The molecule has 1 aliphatic heterocycles. The molecule has 0 aromatic carbocycles. The second kappa shape index (κ2) is 7.76. The Hall–Kier alpha value is -1.91. The van der Waals surface area contributed by atoms with Gasteiger partial charge in [0.1, 0.15) is 0 Å². The van der Waals surface area contributed by atoms with Crippen LogP contribution in [0.2, 0.25) is 0 Å². The Morgan fingerprint density at radius 3 is 2.95 bits per heavy atom. The van der Waals surface area contributed by atoms with Crippen LogP contribution in [-0.2, 0) is 4.79 Å². The number of rotatable bonds is 5. The van der Waals surface area contributed by atoms with Crippen molar-refractivity contribution in [3.63, 3.8) is 0 Å². The number of carbonyl (C=O) groups excluding carboxylic acids is 2. The van der Waals surface area contributed by atoms with Gasteiger partial charge < -0.3 is 10.2 Å². The highest BCUT2D eigenvalue weighted by molar-refractivity contribution is 5.93. The van der Waals surface area contributed by atoms with Crippen LogP contribution in [0.3, 0.4) is 0 Å². The summed E-state index contributed by atoms with van der Waals surface area (Å²) >= 11 is 0. The molecule has 114 valence electrons. The molecule has 0 radical (unpaired) electrons. The van der Waals surface area contributed by atoms with E-state index in [9.17, 15) is 9.59 Å². The Balaban J connectivity index is 1.70. The molecule has 1 N–H and O–H groups in total. The fourth-order valence-electron chi connectivity index (χ4n) is 2.45. The van der Waals surface area contributed by atoms with Gasteiger partial charge in [-0.1, -0.05) is 6.42 Å². The fraction of sp³-hybridized carbons (Fsp3) is 0.562. The predicted octanol–water partition coefficient (Wildman–Crippen LogP) is 1.91.